The van der Waals surface area contributed by atoms with Crippen LogP contribution in [0.1, 0.15) is 85.1 Å². The van der Waals surface area contributed by atoms with E-state index in [1.165, 1.54) is 37.4 Å². The van der Waals surface area contributed by atoms with Gasteiger partial charge in [-0.25, -0.2) is 4.79 Å². The van der Waals surface area contributed by atoms with Gasteiger partial charge in [-0.15, -0.1) is 0 Å². The third kappa shape index (κ3) is 26.7. The number of nitrogens with one attached hydrogen (secondary N) is 11. The molecule has 0 saturated carbocycles. The zero-order valence-electron chi connectivity index (χ0n) is 61.6. The molecule has 6 aromatic rings. The summed E-state index contributed by atoms with van der Waals surface area (Å²) in [6, 6.07) is 24.2. The molecule has 1 saturated heterocycles. The molecule has 33 heteroatoms. The van der Waals surface area contributed by atoms with Crippen molar-refractivity contribution in [3.8, 4) is 5.75 Å². The van der Waals surface area contributed by atoms with Crippen LogP contribution < -0.4 is 70.0 Å². The highest BCUT2D eigenvalue weighted by molar-refractivity contribution is 8.76. The van der Waals surface area contributed by atoms with Crippen molar-refractivity contribution in [1.82, 2.24) is 63.4 Å². The van der Waals surface area contributed by atoms with Crippen LogP contribution >= 0.6 is 21.6 Å². The van der Waals surface area contributed by atoms with Crippen molar-refractivity contribution in [2.24, 2.45) is 11.5 Å². The molecule has 0 aromatic heterocycles. The largest absolute Gasteiger partial charge is 0.508 e. The van der Waals surface area contributed by atoms with E-state index in [1.54, 1.807) is 115 Å². The van der Waals surface area contributed by atoms with Crippen LogP contribution in [-0.4, -0.2) is 218 Å². The molecule has 1 fully saturated rings. The summed E-state index contributed by atoms with van der Waals surface area (Å²) in [6.07, 6.45) is -6.23. The number of rotatable bonds is 21. The number of carbonyl (C=O) groups excluding carboxylic acids is 11. The first-order valence-corrected chi connectivity index (χ1v) is 38.4. The molecule has 590 valence electrons. The molecule has 0 bridgehead atoms. The third-order valence-electron chi connectivity index (χ3n) is 17.9. The number of carbonyl (C=O) groups is 12. The molecule has 1 aliphatic heterocycles. The molecule has 0 aliphatic carbocycles. The van der Waals surface area contributed by atoms with Gasteiger partial charge in [-0.3, -0.25) is 52.7 Å². The standard InChI is InChI=1S/C77H98N14O17S2/c1-43(2)80-39-50-25-23-48(24-26-50)36-59-70(100)88-63(44(3)93)73(103)84-58(37-49-27-31-54(95)32-28-49)69(99)89-64(45(4)94)74(104)86-61(40-92)72(102)87-62(77(107)108)42-110-109-41-55(79)66(96)81-56(22-14-15-33-78)67(97)82-57(34-46-16-8-6-9-17-46)68(98)83-60(35-47-18-10-7-11-19-47)71(101)90-65(75(105)85-59)91(5)76(106)53-30-29-51-20-12-13-21-52(51)38-53/h6-13,16-21,23-32,38,43-45,55-65,80,92-95H,14-15,22,33-37,39-42,78-79H2,1-5H3,(H,81,96)(H,82,97)(H,83,98)(H,84,103)(H,85,105)(H,86,104)(H,87,102)(H,88,100)(H,89,99)(H,90,101)(H,107,108)/t44-,45-,55+,56+,57+,58+,59+,60+,61+,62+,63-,64+,65-/m1/s1. The molecular weight excluding hydrogens is 1460 g/mol. The van der Waals surface area contributed by atoms with Crippen molar-refractivity contribution >= 4 is 103 Å². The van der Waals surface area contributed by atoms with Gasteiger partial charge in [0.15, 0.2) is 6.17 Å². The summed E-state index contributed by atoms with van der Waals surface area (Å²) < 4.78 is 0. The first kappa shape index (κ1) is 86.7. The number of phenols is 1. The fourth-order valence-corrected chi connectivity index (χ4v) is 13.9. The number of aliphatic hydroxyl groups is 3. The third-order valence-corrected chi connectivity index (χ3v) is 20.4. The molecule has 1 heterocycles. The maximum absolute atomic E-state index is 15.7. The average molecular weight is 1560 g/mol. The highest BCUT2D eigenvalue weighted by Gasteiger charge is 2.40. The first-order valence-electron chi connectivity index (χ1n) is 35.9. The number of aliphatic carboxylic acids is 1. The Morgan fingerprint density at radius 2 is 0.900 bits per heavy atom. The van der Waals surface area contributed by atoms with Crippen molar-refractivity contribution in [1.29, 1.82) is 0 Å². The predicted molar refractivity (Wildman–Crippen MR) is 413 cm³/mol. The highest BCUT2D eigenvalue weighted by Crippen LogP contribution is 2.24. The number of carboxylic acid groups (broad SMARTS) is 1. The Morgan fingerprint density at radius 3 is 1.40 bits per heavy atom. The number of aliphatic hydroxyl groups excluding tert-OH is 3. The number of hydrogen-bond donors (Lipinski definition) is 18. The van der Waals surface area contributed by atoms with Gasteiger partial charge >= 0.3 is 5.97 Å². The SMILES string of the molecule is CC(C)NCc1ccc(C[C@@H]2NC(=O)[C@@H](N(C)C(=O)c3ccc4ccccc4c3)NC(=O)[C@H](Cc3ccccc3)NC(=O)[C@H](Cc3ccccc3)NC(=O)[C@H](CCCCN)NC(=O)[C@@H](N)CSSC[C@@H](C(=O)O)NC(=O)[C@H](CO)NC(=O)[C@H]([C@@H](C)O)NC(=O)[C@H](Cc3ccc(O)cc3)NC(=O)[C@@H]([C@@H](C)O)NC2=O)cc1. The van der Waals surface area contributed by atoms with Crippen LogP contribution in [0, 0.1) is 0 Å². The van der Waals surface area contributed by atoms with Crippen LogP contribution in [0.4, 0.5) is 0 Å². The summed E-state index contributed by atoms with van der Waals surface area (Å²) in [5, 5.41) is 83.3. The van der Waals surface area contributed by atoms with Crippen molar-refractivity contribution in [2.75, 3.05) is 31.7 Å². The molecule has 0 spiro atoms. The normalized spacial score (nSPS) is 23.1. The van der Waals surface area contributed by atoms with Gasteiger partial charge < -0.3 is 100 Å². The number of nitrogens with two attached hydrogens (primary N) is 2. The van der Waals surface area contributed by atoms with Gasteiger partial charge in [0.25, 0.3) is 11.8 Å². The van der Waals surface area contributed by atoms with E-state index in [0.29, 0.717) is 41.5 Å². The zero-order valence-corrected chi connectivity index (χ0v) is 63.2. The zero-order chi connectivity index (χ0) is 80.1. The summed E-state index contributed by atoms with van der Waals surface area (Å²) in [6.45, 7) is 5.65. The Bertz CT molecular complexity index is 4130. The summed E-state index contributed by atoms with van der Waals surface area (Å²) in [7, 11) is 3.00. The molecule has 31 nitrogen and oxygen atoms in total. The number of fused-ring (bicyclic) bond motifs is 1. The van der Waals surface area contributed by atoms with E-state index in [4.69, 9.17) is 11.5 Å². The van der Waals surface area contributed by atoms with Gasteiger partial charge in [0.2, 0.25) is 53.2 Å². The van der Waals surface area contributed by atoms with E-state index in [2.05, 4.69) is 58.5 Å². The molecule has 0 unspecified atom stereocenters. The Balaban J connectivity index is 1.35. The number of amides is 11. The summed E-state index contributed by atoms with van der Waals surface area (Å²) in [5.74, 6) is -14.1. The van der Waals surface area contributed by atoms with Crippen molar-refractivity contribution < 1.29 is 83.1 Å². The summed E-state index contributed by atoms with van der Waals surface area (Å²) in [5.41, 5.74) is 14.9. The number of nitrogens with zero attached hydrogens (tertiary/aromatic N) is 1. The lowest BCUT2D eigenvalue weighted by Crippen LogP contribution is -2.65. The molecule has 6 aromatic carbocycles. The molecule has 7 rings (SSSR count). The second kappa shape index (κ2) is 43.0. The fraction of sp³-hybridized carbons (Fsp3) is 0.403. The van der Waals surface area contributed by atoms with Crippen LogP contribution in [0.3, 0.4) is 0 Å². The van der Waals surface area contributed by atoms with Gasteiger partial charge in [0.05, 0.1) is 24.9 Å². The van der Waals surface area contributed by atoms with Gasteiger partial charge in [-0.05, 0) is 103 Å². The summed E-state index contributed by atoms with van der Waals surface area (Å²) in [4.78, 5) is 176. The van der Waals surface area contributed by atoms with E-state index >= 15 is 24.0 Å². The minimum Gasteiger partial charge on any atom is -0.508 e. The molecule has 0 radical (unpaired) electrons. The lowest BCUT2D eigenvalue weighted by Gasteiger charge is -2.32. The molecule has 11 amide bonds. The van der Waals surface area contributed by atoms with Gasteiger partial charge in [-0.2, -0.15) is 0 Å². The smallest absolute Gasteiger partial charge is 0.327 e. The maximum Gasteiger partial charge on any atom is 0.327 e. The van der Waals surface area contributed by atoms with Crippen LogP contribution in [0.2, 0.25) is 0 Å². The molecule has 1 aliphatic rings. The average Bonchev–Trinajstić information content (AvgIpc) is 0.794. The van der Waals surface area contributed by atoms with Crippen molar-refractivity contribution in [3.05, 3.63) is 185 Å². The van der Waals surface area contributed by atoms with Gasteiger partial charge in [0, 0.05) is 62.4 Å². The molecule has 110 heavy (non-hydrogen) atoms. The Kier molecular flexibility index (Phi) is 33.9. The van der Waals surface area contributed by atoms with E-state index in [9.17, 15) is 59.1 Å². The van der Waals surface area contributed by atoms with E-state index in [0.717, 1.165) is 51.3 Å². The molecular formula is C77H98N14O17S2. The number of benzene rings is 6. The monoisotopic (exact) mass is 1550 g/mol. The Labute approximate surface area is 644 Å². The first-order chi connectivity index (χ1) is 52.5. The Morgan fingerprint density at radius 1 is 0.482 bits per heavy atom. The quantitative estimate of drug-likeness (QED) is 0.0321. The van der Waals surface area contributed by atoms with E-state index < -0.39 is 163 Å². The lowest BCUT2D eigenvalue weighted by atomic mass is 10.0. The fourth-order valence-electron chi connectivity index (χ4n) is 11.6. The van der Waals surface area contributed by atoms with Crippen LogP contribution in [0.5, 0.6) is 5.75 Å². The number of aromatic hydroxyl groups is 1. The minimum atomic E-state index is -2.07. The topological polar surface area (TPSA) is 494 Å². The van der Waals surface area contributed by atoms with Crippen LogP contribution in [-0.2, 0) is 85.0 Å². The van der Waals surface area contributed by atoms with Gasteiger partial charge in [0.1, 0.15) is 60.1 Å². The van der Waals surface area contributed by atoms with Crippen molar-refractivity contribution in [3.63, 3.8) is 0 Å². The molecule has 20 N–H and O–H groups in total. The lowest BCUT2D eigenvalue weighted by molar-refractivity contribution is -0.142. The van der Waals surface area contributed by atoms with Crippen LogP contribution in [0.15, 0.2) is 152 Å². The predicted octanol–water partition coefficient (Wildman–Crippen LogP) is -0.419. The second-order valence-electron chi connectivity index (χ2n) is 27.1. The van der Waals surface area contributed by atoms with Gasteiger partial charge in [-0.1, -0.05) is 163 Å². The number of unbranched alkanes of at least 4 members (excludes halogenated alkanes) is 1. The summed E-state index contributed by atoms with van der Waals surface area (Å²) >= 11 is 0. The Hall–Kier alpha value is -10.5. The minimum absolute atomic E-state index is 0.00936. The maximum atomic E-state index is 15.7. The van der Waals surface area contributed by atoms with Crippen molar-refractivity contribution in [2.45, 2.75) is 164 Å². The van der Waals surface area contributed by atoms with E-state index in [1.807, 2.05) is 19.9 Å². The second-order valence-corrected chi connectivity index (χ2v) is 29.6. The highest BCUT2D eigenvalue weighted by atomic mass is 33.1. The van der Waals surface area contributed by atoms with Crippen LogP contribution in [0.25, 0.3) is 10.8 Å². The number of carboxylic acids is 1. The number of likely N-dealkylation sites (N-methyl/N-ethyl adjacent to an activating group) is 1. The van der Waals surface area contributed by atoms with E-state index in [-0.39, 0.29) is 66.7 Å². The number of hydrogen-bond acceptors (Lipinski definition) is 21. The number of phenolic OH excluding ortho intramolecular Hbond substituents is 1. The molecule has 13 atom stereocenters.